The summed E-state index contributed by atoms with van der Waals surface area (Å²) in [5, 5.41) is 12.9. The minimum atomic E-state index is -0.682. The third-order valence-corrected chi connectivity index (χ3v) is 5.07. The fourth-order valence-electron chi connectivity index (χ4n) is 3.66. The van der Waals surface area contributed by atoms with Gasteiger partial charge < -0.3 is 10.0 Å². The van der Waals surface area contributed by atoms with Crippen LogP contribution in [0.1, 0.15) is 28.3 Å². The fraction of sp³-hybridized carbons (Fsp3) is 0.238. The van der Waals surface area contributed by atoms with Crippen molar-refractivity contribution in [2.75, 3.05) is 13.1 Å². The highest BCUT2D eigenvalue weighted by molar-refractivity contribution is 5.94. The Bertz CT molecular complexity index is 959. The monoisotopic (exact) mass is 350 g/mol. The largest absolute Gasteiger partial charge is 0.391 e. The van der Waals surface area contributed by atoms with E-state index in [9.17, 15) is 14.3 Å². The molecule has 132 valence electrons. The van der Waals surface area contributed by atoms with Gasteiger partial charge in [-0.05, 0) is 28.8 Å². The summed E-state index contributed by atoms with van der Waals surface area (Å²) in [6.45, 7) is 0.674. The lowest BCUT2D eigenvalue weighted by atomic mass is 9.86. The van der Waals surface area contributed by atoms with E-state index in [4.69, 9.17) is 0 Å². The van der Waals surface area contributed by atoms with Gasteiger partial charge in [-0.25, -0.2) is 4.39 Å². The Morgan fingerprint density at radius 1 is 1.15 bits per heavy atom. The van der Waals surface area contributed by atoms with Crippen molar-refractivity contribution in [1.82, 2.24) is 9.88 Å². The first-order valence-electron chi connectivity index (χ1n) is 8.69. The summed E-state index contributed by atoms with van der Waals surface area (Å²) in [6.07, 6.45) is 2.39. The Kier molecular flexibility index (Phi) is 4.39. The van der Waals surface area contributed by atoms with Gasteiger partial charge in [-0.1, -0.05) is 42.5 Å². The molecular formula is C21H19FN2O2. The molecule has 4 nitrogen and oxygen atoms in total. The van der Waals surface area contributed by atoms with Crippen molar-refractivity contribution in [2.45, 2.75) is 18.4 Å². The van der Waals surface area contributed by atoms with Crippen molar-refractivity contribution >= 4 is 16.7 Å². The quantitative estimate of drug-likeness (QED) is 0.771. The number of β-amino-alcohol motifs (C(OH)–C–C–N with tert-alkyl or cyclic N) is 1. The molecule has 1 aliphatic heterocycles. The number of aromatic nitrogens is 1. The number of carbonyl (C=O) groups is 1. The van der Waals surface area contributed by atoms with Crippen molar-refractivity contribution in [2.24, 2.45) is 0 Å². The standard InChI is InChI=1S/C21H19FN2O2/c22-19-12-23-9-7-18(19)21(26)24-10-8-17(20(25)13-24)16-6-5-14-3-1-2-4-15(14)11-16/h1-7,9,11-12,17,20,25H,8,10,13H2/t17-,20+/m0/s1. The number of halogens is 1. The van der Waals surface area contributed by atoms with Crippen molar-refractivity contribution in [1.29, 1.82) is 0 Å². The molecular weight excluding hydrogens is 331 g/mol. The van der Waals surface area contributed by atoms with E-state index in [1.165, 1.54) is 17.2 Å². The van der Waals surface area contributed by atoms with Crippen molar-refractivity contribution < 1.29 is 14.3 Å². The van der Waals surface area contributed by atoms with Crippen LogP contribution in [-0.4, -0.2) is 40.1 Å². The molecule has 1 aromatic heterocycles. The molecule has 0 saturated carbocycles. The van der Waals surface area contributed by atoms with Gasteiger partial charge in [0.15, 0.2) is 5.82 Å². The van der Waals surface area contributed by atoms with Gasteiger partial charge in [-0.2, -0.15) is 0 Å². The number of nitrogens with zero attached hydrogens (tertiary/aromatic N) is 2. The predicted molar refractivity (Wildman–Crippen MR) is 97.4 cm³/mol. The van der Waals surface area contributed by atoms with Gasteiger partial charge >= 0.3 is 0 Å². The number of hydrogen-bond donors (Lipinski definition) is 1. The Labute approximate surface area is 150 Å². The van der Waals surface area contributed by atoms with Crippen molar-refractivity contribution in [3.05, 3.63) is 77.9 Å². The Morgan fingerprint density at radius 3 is 2.73 bits per heavy atom. The summed E-state index contributed by atoms with van der Waals surface area (Å²) in [6, 6.07) is 15.7. The SMILES string of the molecule is O=C(c1ccncc1F)N1CC[C@@H](c2ccc3ccccc3c2)[C@H](O)C1. The lowest BCUT2D eigenvalue weighted by molar-refractivity contribution is 0.0378. The summed E-state index contributed by atoms with van der Waals surface area (Å²) < 4.78 is 13.8. The van der Waals surface area contributed by atoms with E-state index in [0.29, 0.717) is 13.0 Å². The van der Waals surface area contributed by atoms with Crippen LogP contribution in [0.3, 0.4) is 0 Å². The predicted octanol–water partition coefficient (Wildman–Crippen LogP) is 3.36. The van der Waals surface area contributed by atoms with E-state index in [1.54, 1.807) is 0 Å². The van der Waals surface area contributed by atoms with Crippen LogP contribution in [0.5, 0.6) is 0 Å². The minimum Gasteiger partial charge on any atom is -0.391 e. The number of aliphatic hydroxyl groups is 1. The number of hydrogen-bond acceptors (Lipinski definition) is 3. The Hall–Kier alpha value is -2.79. The number of aliphatic hydroxyl groups excluding tert-OH is 1. The van der Waals surface area contributed by atoms with E-state index in [1.807, 2.05) is 18.2 Å². The molecule has 0 unspecified atom stereocenters. The van der Waals surface area contributed by atoms with Crippen LogP contribution in [-0.2, 0) is 0 Å². The molecule has 1 N–H and O–H groups in total. The normalized spacial score (nSPS) is 20.3. The molecule has 2 atom stereocenters. The second kappa shape index (κ2) is 6.84. The first-order chi connectivity index (χ1) is 12.6. The van der Waals surface area contributed by atoms with E-state index >= 15 is 0 Å². The minimum absolute atomic E-state index is 0.00337. The van der Waals surface area contributed by atoms with Gasteiger partial charge in [0.25, 0.3) is 5.91 Å². The summed E-state index contributed by atoms with van der Waals surface area (Å²) in [5.41, 5.74) is 1.06. The maximum absolute atomic E-state index is 13.8. The number of likely N-dealkylation sites (tertiary alicyclic amines) is 1. The van der Waals surface area contributed by atoms with Gasteiger partial charge in [0.1, 0.15) is 0 Å². The molecule has 0 spiro atoms. The summed E-state index contributed by atoms with van der Waals surface area (Å²) >= 11 is 0. The summed E-state index contributed by atoms with van der Waals surface area (Å²) in [4.78, 5) is 17.7. The van der Waals surface area contributed by atoms with Crippen LogP contribution in [0.4, 0.5) is 4.39 Å². The maximum Gasteiger partial charge on any atom is 0.257 e. The van der Waals surface area contributed by atoms with E-state index in [2.05, 4.69) is 29.2 Å². The third-order valence-electron chi connectivity index (χ3n) is 5.07. The number of amides is 1. The molecule has 2 aromatic carbocycles. The van der Waals surface area contributed by atoms with Crippen LogP contribution in [0, 0.1) is 5.82 Å². The second-order valence-electron chi connectivity index (χ2n) is 6.68. The fourth-order valence-corrected chi connectivity index (χ4v) is 3.66. The van der Waals surface area contributed by atoms with Gasteiger partial charge in [-0.15, -0.1) is 0 Å². The zero-order chi connectivity index (χ0) is 18.1. The summed E-state index contributed by atoms with van der Waals surface area (Å²) in [7, 11) is 0. The number of piperidine rings is 1. The van der Waals surface area contributed by atoms with E-state index in [0.717, 1.165) is 22.5 Å². The van der Waals surface area contributed by atoms with Crippen LogP contribution in [0.15, 0.2) is 60.9 Å². The molecule has 0 bridgehead atoms. The molecule has 26 heavy (non-hydrogen) atoms. The number of benzene rings is 2. The summed E-state index contributed by atoms with van der Waals surface area (Å²) in [5.74, 6) is -1.07. The molecule has 3 aromatic rings. The van der Waals surface area contributed by atoms with Gasteiger partial charge in [0.2, 0.25) is 0 Å². The molecule has 5 heteroatoms. The van der Waals surface area contributed by atoms with E-state index in [-0.39, 0.29) is 18.0 Å². The van der Waals surface area contributed by atoms with Crippen molar-refractivity contribution in [3.63, 3.8) is 0 Å². The molecule has 1 fully saturated rings. The Balaban J connectivity index is 1.53. The molecule has 1 aliphatic rings. The van der Waals surface area contributed by atoms with Gasteiger partial charge in [0, 0.05) is 25.2 Å². The molecule has 0 radical (unpaired) electrons. The number of rotatable bonds is 2. The van der Waals surface area contributed by atoms with Crippen LogP contribution < -0.4 is 0 Å². The Morgan fingerprint density at radius 2 is 1.96 bits per heavy atom. The highest BCUT2D eigenvalue weighted by Crippen LogP contribution is 2.31. The topological polar surface area (TPSA) is 53.4 Å². The number of fused-ring (bicyclic) bond motifs is 1. The second-order valence-corrected chi connectivity index (χ2v) is 6.68. The van der Waals surface area contributed by atoms with Crippen LogP contribution in [0.25, 0.3) is 10.8 Å². The highest BCUT2D eigenvalue weighted by atomic mass is 19.1. The van der Waals surface area contributed by atoms with E-state index < -0.39 is 17.8 Å². The average molecular weight is 350 g/mol. The first kappa shape index (κ1) is 16.7. The van der Waals surface area contributed by atoms with Crippen LogP contribution in [0.2, 0.25) is 0 Å². The molecule has 0 aliphatic carbocycles. The molecule has 4 rings (SSSR count). The average Bonchev–Trinajstić information content (AvgIpc) is 2.67. The molecule has 1 amide bonds. The van der Waals surface area contributed by atoms with Crippen molar-refractivity contribution in [3.8, 4) is 0 Å². The van der Waals surface area contributed by atoms with Gasteiger partial charge in [0.05, 0.1) is 17.9 Å². The first-order valence-corrected chi connectivity index (χ1v) is 8.69. The third kappa shape index (κ3) is 3.06. The molecule has 2 heterocycles. The maximum atomic E-state index is 13.8. The lowest BCUT2D eigenvalue weighted by Crippen LogP contribution is -2.46. The zero-order valence-electron chi connectivity index (χ0n) is 14.2. The number of carbonyl (C=O) groups excluding carboxylic acids is 1. The zero-order valence-corrected chi connectivity index (χ0v) is 14.2. The van der Waals surface area contributed by atoms with Gasteiger partial charge in [-0.3, -0.25) is 9.78 Å². The highest BCUT2D eigenvalue weighted by Gasteiger charge is 2.32. The molecule has 1 saturated heterocycles. The van der Waals surface area contributed by atoms with Crippen LogP contribution >= 0.6 is 0 Å². The lowest BCUT2D eigenvalue weighted by Gasteiger charge is -2.36. The smallest absolute Gasteiger partial charge is 0.257 e. The number of pyridine rings is 1.